The third-order valence-corrected chi connectivity index (χ3v) is 4.17. The predicted octanol–water partition coefficient (Wildman–Crippen LogP) is 3.71. The maximum absolute atomic E-state index is 11.9. The van der Waals surface area contributed by atoms with E-state index >= 15 is 0 Å². The SMILES string of the molecule is CC(NC(=O)CCC1CCCC1)c1ccc(C#N)cc1. The van der Waals surface area contributed by atoms with Crippen LogP contribution in [0, 0.1) is 17.2 Å². The smallest absolute Gasteiger partial charge is 0.220 e. The van der Waals surface area contributed by atoms with E-state index < -0.39 is 0 Å². The summed E-state index contributed by atoms with van der Waals surface area (Å²) in [5.41, 5.74) is 1.69. The van der Waals surface area contributed by atoms with E-state index in [9.17, 15) is 4.79 Å². The molecule has 1 saturated carbocycles. The Kier molecular flexibility index (Phi) is 5.17. The van der Waals surface area contributed by atoms with E-state index in [1.165, 1.54) is 25.7 Å². The Morgan fingerprint density at radius 1 is 1.35 bits per heavy atom. The molecule has 3 heteroatoms. The van der Waals surface area contributed by atoms with E-state index in [1.807, 2.05) is 19.1 Å². The van der Waals surface area contributed by atoms with E-state index in [1.54, 1.807) is 12.1 Å². The van der Waals surface area contributed by atoms with Gasteiger partial charge in [0.25, 0.3) is 0 Å². The van der Waals surface area contributed by atoms with Gasteiger partial charge in [-0.15, -0.1) is 0 Å². The fourth-order valence-electron chi connectivity index (χ4n) is 2.88. The molecule has 0 radical (unpaired) electrons. The third-order valence-electron chi connectivity index (χ3n) is 4.17. The van der Waals surface area contributed by atoms with Crippen molar-refractivity contribution in [2.24, 2.45) is 5.92 Å². The Morgan fingerprint density at radius 2 is 2.00 bits per heavy atom. The third kappa shape index (κ3) is 4.09. The molecule has 1 aliphatic carbocycles. The Balaban J connectivity index is 1.78. The maximum Gasteiger partial charge on any atom is 0.220 e. The van der Waals surface area contributed by atoms with Gasteiger partial charge >= 0.3 is 0 Å². The topological polar surface area (TPSA) is 52.9 Å². The minimum atomic E-state index is -0.00109. The lowest BCUT2D eigenvalue weighted by atomic mass is 10.0. The van der Waals surface area contributed by atoms with Crippen LogP contribution in [0.3, 0.4) is 0 Å². The van der Waals surface area contributed by atoms with Crippen LogP contribution in [0.4, 0.5) is 0 Å². The van der Waals surface area contributed by atoms with Crippen molar-refractivity contribution in [1.82, 2.24) is 5.32 Å². The number of hydrogen-bond acceptors (Lipinski definition) is 2. The summed E-state index contributed by atoms with van der Waals surface area (Å²) in [4.78, 5) is 11.9. The van der Waals surface area contributed by atoms with Crippen molar-refractivity contribution in [2.75, 3.05) is 0 Å². The highest BCUT2D eigenvalue weighted by Gasteiger charge is 2.17. The summed E-state index contributed by atoms with van der Waals surface area (Å²) in [7, 11) is 0. The molecule has 1 unspecified atom stereocenters. The van der Waals surface area contributed by atoms with Crippen LogP contribution in [0.25, 0.3) is 0 Å². The first-order chi connectivity index (χ1) is 9.69. The van der Waals surface area contributed by atoms with Crippen molar-refractivity contribution in [3.05, 3.63) is 35.4 Å². The van der Waals surface area contributed by atoms with Crippen LogP contribution in [-0.2, 0) is 4.79 Å². The Bertz CT molecular complexity index is 481. The number of benzene rings is 1. The van der Waals surface area contributed by atoms with Gasteiger partial charge in [-0.05, 0) is 37.0 Å². The van der Waals surface area contributed by atoms with Crippen LogP contribution in [-0.4, -0.2) is 5.91 Å². The van der Waals surface area contributed by atoms with Gasteiger partial charge in [0.1, 0.15) is 0 Å². The number of carbonyl (C=O) groups is 1. The van der Waals surface area contributed by atoms with Crippen molar-refractivity contribution in [1.29, 1.82) is 5.26 Å². The van der Waals surface area contributed by atoms with Crippen molar-refractivity contribution in [3.63, 3.8) is 0 Å². The first kappa shape index (κ1) is 14.6. The zero-order chi connectivity index (χ0) is 14.4. The van der Waals surface area contributed by atoms with Gasteiger partial charge < -0.3 is 5.32 Å². The Morgan fingerprint density at radius 3 is 2.60 bits per heavy atom. The van der Waals surface area contributed by atoms with E-state index in [0.29, 0.717) is 12.0 Å². The van der Waals surface area contributed by atoms with Gasteiger partial charge in [0.2, 0.25) is 5.91 Å². The van der Waals surface area contributed by atoms with E-state index in [0.717, 1.165) is 17.9 Å². The minimum absolute atomic E-state index is 0.00109. The monoisotopic (exact) mass is 270 g/mol. The predicted molar refractivity (Wildman–Crippen MR) is 78.9 cm³/mol. The normalized spacial score (nSPS) is 16.6. The summed E-state index contributed by atoms with van der Waals surface area (Å²) in [6.07, 6.45) is 6.88. The first-order valence-electron chi connectivity index (χ1n) is 7.48. The summed E-state index contributed by atoms with van der Waals surface area (Å²) in [6, 6.07) is 9.48. The fourth-order valence-corrected chi connectivity index (χ4v) is 2.88. The van der Waals surface area contributed by atoms with Crippen LogP contribution in [0.5, 0.6) is 0 Å². The first-order valence-corrected chi connectivity index (χ1v) is 7.48. The molecule has 0 heterocycles. The molecule has 3 nitrogen and oxygen atoms in total. The van der Waals surface area contributed by atoms with E-state index in [-0.39, 0.29) is 11.9 Å². The summed E-state index contributed by atoms with van der Waals surface area (Å²) >= 11 is 0. The molecule has 1 fully saturated rings. The maximum atomic E-state index is 11.9. The zero-order valence-electron chi connectivity index (χ0n) is 12.1. The minimum Gasteiger partial charge on any atom is -0.350 e. The number of rotatable bonds is 5. The molecule has 1 atom stereocenters. The summed E-state index contributed by atoms with van der Waals surface area (Å²) in [6.45, 7) is 1.98. The molecule has 0 saturated heterocycles. The second-order valence-electron chi connectivity index (χ2n) is 5.71. The molecular weight excluding hydrogens is 248 g/mol. The molecule has 1 aromatic carbocycles. The summed E-state index contributed by atoms with van der Waals surface area (Å²) in [5, 5.41) is 11.8. The van der Waals surface area contributed by atoms with Crippen molar-refractivity contribution < 1.29 is 4.79 Å². The molecule has 1 aromatic rings. The van der Waals surface area contributed by atoms with Gasteiger partial charge in [0.05, 0.1) is 17.7 Å². The van der Waals surface area contributed by atoms with Gasteiger partial charge in [-0.3, -0.25) is 4.79 Å². The average Bonchev–Trinajstić information content (AvgIpc) is 2.98. The second kappa shape index (κ2) is 7.09. The quantitative estimate of drug-likeness (QED) is 0.886. The lowest BCUT2D eigenvalue weighted by Crippen LogP contribution is -2.26. The highest BCUT2D eigenvalue weighted by molar-refractivity contribution is 5.76. The van der Waals surface area contributed by atoms with E-state index in [4.69, 9.17) is 5.26 Å². The standard InChI is InChI=1S/C17H22N2O/c1-13(16-9-6-15(12-18)7-10-16)19-17(20)11-8-14-4-2-3-5-14/h6-7,9-10,13-14H,2-5,8,11H2,1H3,(H,19,20). The largest absolute Gasteiger partial charge is 0.350 e. The Hall–Kier alpha value is -1.82. The molecule has 1 amide bonds. The molecule has 2 rings (SSSR count). The molecule has 0 spiro atoms. The van der Waals surface area contributed by atoms with Crippen LogP contribution in [0.2, 0.25) is 0 Å². The van der Waals surface area contributed by atoms with Crippen LogP contribution < -0.4 is 5.32 Å². The summed E-state index contributed by atoms with van der Waals surface area (Å²) < 4.78 is 0. The van der Waals surface area contributed by atoms with Crippen LogP contribution >= 0.6 is 0 Å². The van der Waals surface area contributed by atoms with Crippen LogP contribution in [0.1, 0.15) is 62.6 Å². The molecule has 106 valence electrons. The van der Waals surface area contributed by atoms with Gasteiger partial charge in [-0.25, -0.2) is 0 Å². The van der Waals surface area contributed by atoms with E-state index in [2.05, 4.69) is 11.4 Å². The number of amides is 1. The van der Waals surface area contributed by atoms with Gasteiger partial charge in [-0.2, -0.15) is 5.26 Å². The lowest BCUT2D eigenvalue weighted by Gasteiger charge is -2.15. The van der Waals surface area contributed by atoms with Gasteiger partial charge in [0, 0.05) is 6.42 Å². The zero-order valence-corrected chi connectivity index (χ0v) is 12.1. The molecule has 0 aromatic heterocycles. The molecule has 1 N–H and O–H groups in total. The number of nitrogens with one attached hydrogen (secondary N) is 1. The molecule has 0 aliphatic heterocycles. The number of nitrogens with zero attached hydrogens (tertiary/aromatic N) is 1. The van der Waals surface area contributed by atoms with Gasteiger partial charge in [-0.1, -0.05) is 37.8 Å². The van der Waals surface area contributed by atoms with Crippen LogP contribution in [0.15, 0.2) is 24.3 Å². The van der Waals surface area contributed by atoms with Gasteiger partial charge in [0.15, 0.2) is 0 Å². The van der Waals surface area contributed by atoms with Crippen molar-refractivity contribution >= 4 is 5.91 Å². The second-order valence-corrected chi connectivity index (χ2v) is 5.71. The highest BCUT2D eigenvalue weighted by Crippen LogP contribution is 2.28. The average molecular weight is 270 g/mol. The lowest BCUT2D eigenvalue weighted by molar-refractivity contribution is -0.122. The number of carbonyl (C=O) groups excluding carboxylic acids is 1. The highest BCUT2D eigenvalue weighted by atomic mass is 16.1. The molecular formula is C17H22N2O. The Labute approximate surface area is 121 Å². The molecule has 1 aliphatic rings. The van der Waals surface area contributed by atoms with Crippen molar-refractivity contribution in [3.8, 4) is 6.07 Å². The fraction of sp³-hybridized carbons (Fsp3) is 0.529. The number of hydrogen-bond donors (Lipinski definition) is 1. The molecule has 0 bridgehead atoms. The van der Waals surface area contributed by atoms with Crippen molar-refractivity contribution in [2.45, 2.75) is 51.5 Å². The summed E-state index contributed by atoms with van der Waals surface area (Å²) in [5.74, 6) is 0.889. The molecule has 20 heavy (non-hydrogen) atoms. The number of nitriles is 1.